The molecule has 2 aromatic rings. The number of hydrogen-bond donors (Lipinski definition) is 0. The van der Waals surface area contributed by atoms with E-state index in [4.69, 9.17) is 11.6 Å². The zero-order valence-electron chi connectivity index (χ0n) is 10.0. The number of benzene rings is 1. The van der Waals surface area contributed by atoms with Gasteiger partial charge in [-0.3, -0.25) is 0 Å². The van der Waals surface area contributed by atoms with E-state index in [-0.39, 0.29) is 0 Å². The van der Waals surface area contributed by atoms with E-state index in [2.05, 4.69) is 36.2 Å². The Morgan fingerprint density at radius 3 is 2.35 bits per heavy atom. The fraction of sp³-hybridized carbons (Fsp3) is 0.214. The Hall–Kier alpha value is -1.54. The molecule has 0 aliphatic carbocycles. The maximum Gasteiger partial charge on any atom is 0.132 e. The van der Waals surface area contributed by atoms with Crippen LogP contribution in [0.4, 0.5) is 11.5 Å². The Morgan fingerprint density at radius 2 is 1.82 bits per heavy atom. The van der Waals surface area contributed by atoms with E-state index in [1.807, 2.05) is 24.1 Å². The van der Waals surface area contributed by atoms with Crippen LogP contribution in [0.2, 0.25) is 5.02 Å². The minimum absolute atomic E-state index is 0.656. The molecule has 0 aliphatic rings. The first-order valence-electron chi connectivity index (χ1n) is 5.65. The molecule has 88 valence electrons. The van der Waals surface area contributed by atoms with E-state index in [0.29, 0.717) is 5.02 Å². The van der Waals surface area contributed by atoms with Crippen molar-refractivity contribution in [1.82, 2.24) is 4.98 Å². The molecule has 1 heterocycles. The van der Waals surface area contributed by atoms with Crippen LogP contribution in [0.15, 0.2) is 42.6 Å². The van der Waals surface area contributed by atoms with Crippen LogP contribution in [0, 0.1) is 0 Å². The molecule has 0 spiro atoms. The topological polar surface area (TPSA) is 16.1 Å². The average Bonchev–Trinajstić information content (AvgIpc) is 2.39. The molecule has 0 bridgehead atoms. The summed E-state index contributed by atoms with van der Waals surface area (Å²) in [5.74, 6) is 0.888. The predicted octanol–water partition coefficient (Wildman–Crippen LogP) is 4.07. The Balaban J connectivity index is 2.23. The van der Waals surface area contributed by atoms with Crippen LogP contribution < -0.4 is 4.90 Å². The molecule has 1 aromatic heterocycles. The lowest BCUT2D eigenvalue weighted by atomic mass is 10.1. The highest BCUT2D eigenvalue weighted by Gasteiger charge is 2.04. The van der Waals surface area contributed by atoms with Crippen LogP contribution in [0.25, 0.3) is 0 Å². The highest BCUT2D eigenvalue weighted by Crippen LogP contribution is 2.22. The maximum absolute atomic E-state index is 5.82. The largest absolute Gasteiger partial charge is 0.329 e. The van der Waals surface area contributed by atoms with Crippen molar-refractivity contribution in [3.05, 3.63) is 53.2 Å². The van der Waals surface area contributed by atoms with Crippen molar-refractivity contribution >= 4 is 23.1 Å². The van der Waals surface area contributed by atoms with Crippen molar-refractivity contribution in [3.63, 3.8) is 0 Å². The third-order valence-electron chi connectivity index (χ3n) is 2.79. The molecule has 0 unspecified atom stereocenters. The molecule has 0 amide bonds. The van der Waals surface area contributed by atoms with Gasteiger partial charge in [0, 0.05) is 18.9 Å². The van der Waals surface area contributed by atoms with Crippen molar-refractivity contribution in [2.45, 2.75) is 13.3 Å². The summed E-state index contributed by atoms with van der Waals surface area (Å²) >= 11 is 5.82. The predicted molar refractivity (Wildman–Crippen MR) is 73.1 cm³/mol. The summed E-state index contributed by atoms with van der Waals surface area (Å²) in [5.41, 5.74) is 2.46. The second kappa shape index (κ2) is 5.19. The van der Waals surface area contributed by atoms with Gasteiger partial charge in [0.1, 0.15) is 5.82 Å². The molecule has 0 radical (unpaired) electrons. The number of nitrogens with zero attached hydrogens (tertiary/aromatic N) is 2. The van der Waals surface area contributed by atoms with E-state index in [0.717, 1.165) is 17.9 Å². The lowest BCUT2D eigenvalue weighted by Gasteiger charge is -2.18. The molecule has 0 N–H and O–H groups in total. The fourth-order valence-corrected chi connectivity index (χ4v) is 1.77. The number of halogens is 1. The molecule has 2 rings (SSSR count). The summed E-state index contributed by atoms with van der Waals surface area (Å²) in [6.07, 6.45) is 2.72. The van der Waals surface area contributed by atoms with E-state index in [1.54, 1.807) is 6.20 Å². The monoisotopic (exact) mass is 246 g/mol. The molecule has 0 aliphatic heterocycles. The van der Waals surface area contributed by atoms with Crippen molar-refractivity contribution < 1.29 is 0 Å². The minimum Gasteiger partial charge on any atom is -0.329 e. The number of hydrogen-bond acceptors (Lipinski definition) is 2. The Bertz CT molecular complexity index is 477. The summed E-state index contributed by atoms with van der Waals surface area (Å²) in [5, 5.41) is 0.656. The highest BCUT2D eigenvalue weighted by molar-refractivity contribution is 6.30. The number of aromatic nitrogens is 1. The molecule has 17 heavy (non-hydrogen) atoms. The van der Waals surface area contributed by atoms with Crippen molar-refractivity contribution in [2.24, 2.45) is 0 Å². The first kappa shape index (κ1) is 11.9. The Morgan fingerprint density at radius 1 is 1.12 bits per heavy atom. The van der Waals surface area contributed by atoms with Gasteiger partial charge in [-0.25, -0.2) is 4.98 Å². The van der Waals surface area contributed by atoms with Gasteiger partial charge < -0.3 is 4.90 Å². The van der Waals surface area contributed by atoms with Gasteiger partial charge in [0.2, 0.25) is 0 Å². The molecular formula is C14H15ClN2. The van der Waals surface area contributed by atoms with Crippen LogP contribution in [0.5, 0.6) is 0 Å². The lowest BCUT2D eigenvalue weighted by molar-refractivity contribution is 1.11. The lowest BCUT2D eigenvalue weighted by Crippen LogP contribution is -2.10. The van der Waals surface area contributed by atoms with Gasteiger partial charge >= 0.3 is 0 Å². The summed E-state index contributed by atoms with van der Waals surface area (Å²) in [4.78, 5) is 6.33. The minimum atomic E-state index is 0.656. The Labute approximate surface area is 107 Å². The first-order chi connectivity index (χ1) is 8.20. The molecule has 2 nitrogen and oxygen atoms in total. The highest BCUT2D eigenvalue weighted by atomic mass is 35.5. The van der Waals surface area contributed by atoms with Gasteiger partial charge in [0.05, 0.1) is 5.02 Å². The second-order valence-electron chi connectivity index (χ2n) is 3.91. The summed E-state index contributed by atoms with van der Waals surface area (Å²) in [6.45, 7) is 2.15. The number of aryl methyl sites for hydroxylation is 1. The maximum atomic E-state index is 5.82. The van der Waals surface area contributed by atoms with Crippen LogP contribution >= 0.6 is 11.6 Å². The van der Waals surface area contributed by atoms with Gasteiger partial charge in [0.25, 0.3) is 0 Å². The van der Waals surface area contributed by atoms with E-state index in [1.165, 1.54) is 5.56 Å². The molecule has 1 aromatic carbocycles. The SMILES string of the molecule is CCc1ccc(N(C)c2ccc(Cl)cn2)cc1. The van der Waals surface area contributed by atoms with Crippen LogP contribution in [-0.2, 0) is 6.42 Å². The molecule has 3 heteroatoms. The van der Waals surface area contributed by atoms with Crippen molar-refractivity contribution in [2.75, 3.05) is 11.9 Å². The van der Waals surface area contributed by atoms with E-state index in [9.17, 15) is 0 Å². The molecule has 0 fully saturated rings. The third kappa shape index (κ3) is 2.77. The zero-order valence-corrected chi connectivity index (χ0v) is 10.8. The van der Waals surface area contributed by atoms with Crippen LogP contribution in [-0.4, -0.2) is 12.0 Å². The van der Waals surface area contributed by atoms with Gasteiger partial charge in [-0.05, 0) is 36.2 Å². The van der Waals surface area contributed by atoms with Gasteiger partial charge in [-0.15, -0.1) is 0 Å². The molecule has 0 atom stereocenters. The van der Waals surface area contributed by atoms with E-state index < -0.39 is 0 Å². The third-order valence-corrected chi connectivity index (χ3v) is 3.01. The zero-order chi connectivity index (χ0) is 12.3. The average molecular weight is 247 g/mol. The van der Waals surface area contributed by atoms with Crippen molar-refractivity contribution in [3.8, 4) is 0 Å². The van der Waals surface area contributed by atoms with E-state index >= 15 is 0 Å². The quantitative estimate of drug-likeness (QED) is 0.812. The standard InChI is InChI=1S/C14H15ClN2/c1-3-11-4-7-13(8-5-11)17(2)14-9-6-12(15)10-16-14/h4-10H,3H2,1-2H3. The van der Waals surface area contributed by atoms with Crippen LogP contribution in [0.1, 0.15) is 12.5 Å². The summed E-state index contributed by atoms with van der Waals surface area (Å²) in [6, 6.07) is 12.3. The Kier molecular flexibility index (Phi) is 3.64. The number of pyridine rings is 1. The van der Waals surface area contributed by atoms with Gasteiger partial charge in [-0.1, -0.05) is 30.7 Å². The second-order valence-corrected chi connectivity index (χ2v) is 4.35. The first-order valence-corrected chi connectivity index (χ1v) is 6.02. The molecule has 0 saturated carbocycles. The molecular weight excluding hydrogens is 232 g/mol. The fourth-order valence-electron chi connectivity index (χ4n) is 1.65. The smallest absolute Gasteiger partial charge is 0.132 e. The number of rotatable bonds is 3. The number of anilines is 2. The van der Waals surface area contributed by atoms with Crippen LogP contribution in [0.3, 0.4) is 0 Å². The summed E-state index contributed by atoms with van der Waals surface area (Å²) < 4.78 is 0. The van der Waals surface area contributed by atoms with Gasteiger partial charge in [-0.2, -0.15) is 0 Å². The van der Waals surface area contributed by atoms with Gasteiger partial charge in [0.15, 0.2) is 0 Å². The normalized spacial score (nSPS) is 10.3. The summed E-state index contributed by atoms with van der Waals surface area (Å²) in [7, 11) is 2.00. The molecule has 0 saturated heterocycles. The van der Waals surface area contributed by atoms with Crippen molar-refractivity contribution in [1.29, 1.82) is 0 Å².